The highest BCUT2D eigenvalue weighted by atomic mass is 16.5. The zero-order valence-electron chi connectivity index (χ0n) is 16.4. The molecule has 2 aliphatic carbocycles. The Morgan fingerprint density at radius 2 is 2.07 bits per heavy atom. The van der Waals surface area contributed by atoms with Crippen molar-refractivity contribution in [3.63, 3.8) is 0 Å². The van der Waals surface area contributed by atoms with Crippen LogP contribution in [0.25, 0.3) is 0 Å². The molecule has 0 unspecified atom stereocenters. The fourth-order valence-electron chi connectivity index (χ4n) is 5.68. The van der Waals surface area contributed by atoms with Crippen LogP contribution >= 0.6 is 0 Å². The van der Waals surface area contributed by atoms with Crippen molar-refractivity contribution in [2.75, 3.05) is 26.7 Å². The summed E-state index contributed by atoms with van der Waals surface area (Å²) in [6, 6.07) is 1.77. The highest BCUT2D eigenvalue weighted by Crippen LogP contribution is 2.68. The van der Waals surface area contributed by atoms with E-state index in [4.69, 9.17) is 4.74 Å². The zero-order valence-corrected chi connectivity index (χ0v) is 16.4. The molecular weight excluding hydrogens is 358 g/mol. The molecule has 1 aromatic heterocycles. The Hall–Kier alpha value is -1.93. The molecule has 3 saturated heterocycles. The lowest BCUT2D eigenvalue weighted by Gasteiger charge is -2.47. The number of nitrogens with zero attached hydrogens (tertiary/aromatic N) is 2. The van der Waals surface area contributed by atoms with Crippen molar-refractivity contribution in [2.45, 2.75) is 56.3 Å². The van der Waals surface area contributed by atoms with E-state index in [0.29, 0.717) is 31.0 Å². The van der Waals surface area contributed by atoms with Crippen molar-refractivity contribution in [2.24, 2.45) is 11.3 Å². The van der Waals surface area contributed by atoms with E-state index < -0.39 is 16.6 Å². The molecule has 2 bridgehead atoms. The van der Waals surface area contributed by atoms with Crippen LogP contribution < -0.4 is 16.0 Å². The third-order valence-electron chi connectivity index (χ3n) is 7.25. The van der Waals surface area contributed by atoms with Crippen molar-refractivity contribution >= 4 is 11.8 Å². The molecule has 3 aliphatic heterocycles. The average molecular weight is 387 g/mol. The summed E-state index contributed by atoms with van der Waals surface area (Å²) in [7, 11) is 1.70. The van der Waals surface area contributed by atoms with Crippen LogP contribution in [0.5, 0.6) is 0 Å². The molecule has 2 saturated carbocycles. The molecule has 3 N–H and O–H groups in total. The monoisotopic (exact) mass is 387 g/mol. The quantitative estimate of drug-likeness (QED) is 0.658. The van der Waals surface area contributed by atoms with E-state index in [0.717, 1.165) is 32.5 Å². The lowest BCUT2D eigenvalue weighted by atomic mass is 9.53. The van der Waals surface area contributed by atoms with Gasteiger partial charge in [0.1, 0.15) is 5.69 Å². The number of carbonyl (C=O) groups excluding carboxylic acids is 2. The van der Waals surface area contributed by atoms with Crippen LogP contribution in [0.4, 0.5) is 0 Å². The van der Waals surface area contributed by atoms with Crippen LogP contribution in [0.15, 0.2) is 12.3 Å². The molecule has 0 radical (unpaired) electrons. The fraction of sp³-hybridized carbons (Fsp3) is 0.750. The number of hydrogen-bond donors (Lipinski definition) is 3. The van der Waals surface area contributed by atoms with Gasteiger partial charge in [-0.25, -0.2) is 0 Å². The van der Waals surface area contributed by atoms with Gasteiger partial charge in [-0.1, -0.05) is 0 Å². The lowest BCUT2D eigenvalue weighted by Crippen LogP contribution is -2.61. The number of carbonyl (C=O) groups is 2. The van der Waals surface area contributed by atoms with Crippen LogP contribution in [0, 0.1) is 11.3 Å². The molecule has 4 heterocycles. The second kappa shape index (κ2) is 6.29. The Bertz CT molecular complexity index is 788. The van der Waals surface area contributed by atoms with Gasteiger partial charge in [0, 0.05) is 26.3 Å². The van der Waals surface area contributed by atoms with Gasteiger partial charge in [-0.05, 0) is 63.6 Å². The fourth-order valence-corrected chi connectivity index (χ4v) is 5.68. The molecule has 0 atom stereocenters. The van der Waals surface area contributed by atoms with E-state index in [1.165, 1.54) is 12.8 Å². The summed E-state index contributed by atoms with van der Waals surface area (Å²) < 4.78 is 8.42. The number of piperidine rings is 1. The SMILES string of the molecule is CNC(=O)C12CC(CNC(=O)c3ccnn3CC3CC3)(C1)OC21CCNCC1. The van der Waals surface area contributed by atoms with Crippen LogP contribution in [0.2, 0.25) is 0 Å². The maximum absolute atomic E-state index is 12.8. The van der Waals surface area contributed by atoms with Crippen molar-refractivity contribution in [1.82, 2.24) is 25.7 Å². The molecule has 28 heavy (non-hydrogen) atoms. The standard InChI is InChI=1S/C20H29N5O3/c1-21-17(27)19-11-18(12-19,28-20(19)5-8-22-9-6-20)13-23-16(26)15-4-7-24-25(15)10-14-2-3-14/h4,7,14,22H,2-3,5-6,8-13H2,1H3,(H,21,27)(H,23,26). The Morgan fingerprint density at radius 3 is 2.75 bits per heavy atom. The number of rotatable bonds is 6. The summed E-state index contributed by atoms with van der Waals surface area (Å²) in [5, 5.41) is 13.6. The topological polar surface area (TPSA) is 97.3 Å². The number of amides is 2. The molecule has 2 amide bonds. The summed E-state index contributed by atoms with van der Waals surface area (Å²) in [5.74, 6) is 0.624. The minimum absolute atomic E-state index is 0.0800. The van der Waals surface area contributed by atoms with Crippen LogP contribution in [0.1, 0.15) is 49.0 Å². The van der Waals surface area contributed by atoms with E-state index >= 15 is 0 Å². The molecule has 8 heteroatoms. The maximum atomic E-state index is 12.8. The van der Waals surface area contributed by atoms with Gasteiger partial charge >= 0.3 is 0 Å². The Morgan fingerprint density at radius 1 is 1.32 bits per heavy atom. The largest absolute Gasteiger partial charge is 0.365 e. The molecule has 152 valence electrons. The highest BCUT2D eigenvalue weighted by molar-refractivity contribution is 5.92. The minimum atomic E-state index is -0.456. The van der Waals surface area contributed by atoms with E-state index in [9.17, 15) is 9.59 Å². The van der Waals surface area contributed by atoms with Gasteiger partial charge in [-0.15, -0.1) is 0 Å². The summed E-state index contributed by atoms with van der Waals surface area (Å²) in [6.45, 7) is 2.98. The van der Waals surface area contributed by atoms with Crippen molar-refractivity contribution in [1.29, 1.82) is 0 Å². The van der Waals surface area contributed by atoms with Gasteiger partial charge in [0.05, 0.1) is 16.6 Å². The third kappa shape index (κ3) is 2.61. The first-order valence-electron chi connectivity index (χ1n) is 10.4. The summed E-state index contributed by atoms with van der Waals surface area (Å²) >= 11 is 0. The predicted octanol–water partition coefficient (Wildman–Crippen LogP) is 0.440. The molecule has 8 nitrogen and oxygen atoms in total. The van der Waals surface area contributed by atoms with Gasteiger partial charge in [-0.2, -0.15) is 5.10 Å². The van der Waals surface area contributed by atoms with E-state index in [1.807, 2.05) is 4.68 Å². The molecule has 5 aliphatic rings. The van der Waals surface area contributed by atoms with Gasteiger partial charge in [0.25, 0.3) is 5.91 Å². The highest BCUT2D eigenvalue weighted by Gasteiger charge is 2.77. The van der Waals surface area contributed by atoms with Crippen molar-refractivity contribution in [3.8, 4) is 0 Å². The van der Waals surface area contributed by atoms with E-state index in [-0.39, 0.29) is 11.8 Å². The number of nitrogens with one attached hydrogen (secondary N) is 3. The first-order valence-corrected chi connectivity index (χ1v) is 10.4. The Balaban J connectivity index is 1.28. The van der Waals surface area contributed by atoms with E-state index in [2.05, 4.69) is 21.0 Å². The van der Waals surface area contributed by atoms with Gasteiger partial charge in [0.2, 0.25) is 5.91 Å². The van der Waals surface area contributed by atoms with Crippen molar-refractivity contribution < 1.29 is 14.3 Å². The number of aromatic nitrogens is 2. The Kier molecular flexibility index (Phi) is 4.07. The third-order valence-corrected chi connectivity index (χ3v) is 7.25. The molecule has 0 aromatic carbocycles. The molecule has 1 spiro atoms. The zero-order chi connectivity index (χ0) is 19.4. The summed E-state index contributed by atoms with van der Waals surface area (Å²) in [6.07, 6.45) is 7.16. The summed E-state index contributed by atoms with van der Waals surface area (Å²) in [4.78, 5) is 25.5. The van der Waals surface area contributed by atoms with Gasteiger partial charge < -0.3 is 20.7 Å². The molecular formula is C20H29N5O3. The Labute approximate surface area is 164 Å². The smallest absolute Gasteiger partial charge is 0.269 e. The van der Waals surface area contributed by atoms with E-state index in [1.54, 1.807) is 19.3 Å². The van der Waals surface area contributed by atoms with Crippen LogP contribution in [-0.2, 0) is 16.1 Å². The predicted molar refractivity (Wildman–Crippen MR) is 102 cm³/mol. The first-order chi connectivity index (χ1) is 13.5. The molecule has 5 fully saturated rings. The van der Waals surface area contributed by atoms with Crippen molar-refractivity contribution in [3.05, 3.63) is 18.0 Å². The number of ether oxygens (including phenoxy) is 1. The van der Waals surface area contributed by atoms with Gasteiger partial charge in [0.15, 0.2) is 0 Å². The minimum Gasteiger partial charge on any atom is -0.365 e. The average Bonchev–Trinajstić information content (AvgIpc) is 3.21. The van der Waals surface area contributed by atoms with Gasteiger partial charge in [-0.3, -0.25) is 14.3 Å². The number of hydrogen-bond acceptors (Lipinski definition) is 5. The maximum Gasteiger partial charge on any atom is 0.269 e. The molecule has 1 aromatic rings. The molecule has 6 rings (SSSR count). The second-order valence-corrected chi connectivity index (χ2v) is 9.07. The summed E-state index contributed by atoms with van der Waals surface area (Å²) in [5.41, 5.74) is -0.685. The normalized spacial score (nSPS) is 32.8. The van der Waals surface area contributed by atoms with Crippen LogP contribution in [-0.4, -0.2) is 59.5 Å². The van der Waals surface area contributed by atoms with Crippen LogP contribution in [0.3, 0.4) is 0 Å². The lowest BCUT2D eigenvalue weighted by molar-refractivity contribution is -0.140. The second-order valence-electron chi connectivity index (χ2n) is 9.07. The first kappa shape index (κ1) is 18.1.